The third kappa shape index (κ3) is 12.9. The average Bonchev–Trinajstić information content (AvgIpc) is 1.21. The van der Waals surface area contributed by atoms with E-state index in [2.05, 4.69) is 19.8 Å². The number of hydrogen-bond donors (Lipinski definition) is 0. The van der Waals surface area contributed by atoms with Gasteiger partial charge in [-0.2, -0.15) is 0 Å². The summed E-state index contributed by atoms with van der Waals surface area (Å²) >= 11 is -3.60. The van der Waals surface area contributed by atoms with E-state index >= 15 is 0 Å². The molecule has 0 aliphatic rings. The molecule has 57 valence electrons. The molecular weight excluding hydrogens is 353 g/mol. The molecule has 0 aromatic rings. The van der Waals surface area contributed by atoms with E-state index in [9.17, 15) is 0 Å². The second kappa shape index (κ2) is 5.46. The third-order valence-corrected chi connectivity index (χ3v) is 23.6. The van der Waals surface area contributed by atoms with Gasteiger partial charge in [-0.1, -0.05) is 0 Å². The molecule has 0 bridgehead atoms. The van der Waals surface area contributed by atoms with Gasteiger partial charge in [0, 0.05) is 0 Å². The summed E-state index contributed by atoms with van der Waals surface area (Å²) in [6.07, 6.45) is 0. The minimum absolute atomic E-state index is 0. The Morgan fingerprint density at radius 3 is 1.67 bits per heavy atom. The summed E-state index contributed by atoms with van der Waals surface area (Å²) in [5.41, 5.74) is 0. The molecule has 0 spiro atoms. The fourth-order valence-corrected chi connectivity index (χ4v) is 28.8. The Bertz CT molecular complexity index is 71.5. The molecule has 0 saturated heterocycles. The van der Waals surface area contributed by atoms with Gasteiger partial charge in [0.2, 0.25) is 0 Å². The van der Waals surface area contributed by atoms with Crippen molar-refractivity contribution in [2.75, 3.05) is 0 Å². The normalized spacial score (nSPS) is 11.3. The monoisotopic (exact) mass is 369 g/mol. The van der Waals surface area contributed by atoms with Crippen LogP contribution in [0.15, 0.2) is 0 Å². The summed E-state index contributed by atoms with van der Waals surface area (Å²) in [7, 11) is 5.97. The van der Waals surface area contributed by atoms with Gasteiger partial charge in [0.15, 0.2) is 0 Å². The molecule has 0 unspecified atom stereocenters. The van der Waals surface area contributed by atoms with E-state index in [1.165, 1.54) is 0 Å². The second-order valence-corrected chi connectivity index (χ2v) is 25.9. The summed E-state index contributed by atoms with van der Waals surface area (Å²) in [6.45, 7) is 0. The molecule has 0 amide bonds. The number of rotatable bonds is 2. The first kappa shape index (κ1) is 13.4. The summed E-state index contributed by atoms with van der Waals surface area (Å²) < 4.78 is 5.61. The van der Waals surface area contributed by atoms with Gasteiger partial charge in [-0.3, -0.25) is 0 Å². The van der Waals surface area contributed by atoms with Gasteiger partial charge in [-0.25, -0.2) is 0 Å². The molecule has 0 saturated carbocycles. The van der Waals surface area contributed by atoms with Crippen LogP contribution in [0.5, 0.6) is 0 Å². The molecule has 0 fully saturated rings. The van der Waals surface area contributed by atoms with Crippen LogP contribution < -0.4 is 0 Å². The van der Waals surface area contributed by atoms with Gasteiger partial charge < -0.3 is 5.48 Å². The van der Waals surface area contributed by atoms with E-state index in [1.54, 1.807) is 0 Å². The molecular formula is C4H14ClO2Sn2. The molecule has 0 atom stereocenters. The Hall–Kier alpha value is 1.81. The maximum absolute atomic E-state index is 5.97. The van der Waals surface area contributed by atoms with Crippen LogP contribution in [0.4, 0.5) is 0 Å². The SMILES string of the molecule is O.[CH3][Sn]([CH3])[O][Sn]([CH3])([CH3])[Cl]. The average molecular weight is 367 g/mol. The Morgan fingerprint density at radius 1 is 1.33 bits per heavy atom. The van der Waals surface area contributed by atoms with Crippen molar-refractivity contribution in [1.29, 1.82) is 0 Å². The topological polar surface area (TPSA) is 40.7 Å². The van der Waals surface area contributed by atoms with Crippen molar-refractivity contribution in [3.63, 3.8) is 0 Å². The Labute approximate surface area is 72.6 Å². The fraction of sp³-hybridized carbons (Fsp3) is 1.00. The van der Waals surface area contributed by atoms with Crippen LogP contribution in [0.3, 0.4) is 0 Å². The molecule has 5 heteroatoms. The first-order chi connectivity index (χ1) is 3.42. The summed E-state index contributed by atoms with van der Waals surface area (Å²) in [5, 5.41) is 0. The summed E-state index contributed by atoms with van der Waals surface area (Å²) in [5.74, 6) is 0. The van der Waals surface area contributed by atoms with Crippen LogP contribution >= 0.6 is 8.92 Å². The first-order valence-electron chi connectivity index (χ1n) is 2.60. The van der Waals surface area contributed by atoms with Crippen LogP contribution in [-0.4, -0.2) is 43.3 Å². The van der Waals surface area contributed by atoms with Gasteiger partial charge in [-0.05, 0) is 0 Å². The molecule has 2 N–H and O–H groups in total. The predicted molar refractivity (Wildman–Crippen MR) is 45.5 cm³/mol. The van der Waals surface area contributed by atoms with Crippen molar-refractivity contribution in [2.45, 2.75) is 19.8 Å². The molecule has 0 heterocycles. The van der Waals surface area contributed by atoms with Crippen molar-refractivity contribution < 1.29 is 6.89 Å². The van der Waals surface area contributed by atoms with Crippen molar-refractivity contribution in [3.05, 3.63) is 0 Å². The molecule has 0 aromatic heterocycles. The molecule has 0 aliphatic heterocycles. The zero-order valence-corrected chi connectivity index (χ0v) is 12.8. The van der Waals surface area contributed by atoms with Gasteiger partial charge in [-0.15, -0.1) is 0 Å². The van der Waals surface area contributed by atoms with Gasteiger partial charge >= 0.3 is 67.9 Å². The van der Waals surface area contributed by atoms with Gasteiger partial charge in [0.05, 0.1) is 0 Å². The summed E-state index contributed by atoms with van der Waals surface area (Å²) in [4.78, 5) is 8.60. The maximum atomic E-state index is 5.97. The first-order valence-corrected chi connectivity index (χ1v) is 20.0. The third-order valence-electron chi connectivity index (χ3n) is 0.447. The molecule has 0 aromatic carbocycles. The Morgan fingerprint density at radius 2 is 1.67 bits per heavy atom. The molecule has 1 radical (unpaired) electrons. The Balaban J connectivity index is 0. The number of hydrogen-bond acceptors (Lipinski definition) is 1. The van der Waals surface area contributed by atoms with Crippen LogP contribution in [-0.2, 0) is 1.41 Å². The van der Waals surface area contributed by atoms with E-state index in [0.29, 0.717) is 0 Å². The van der Waals surface area contributed by atoms with Crippen LogP contribution in [0.2, 0.25) is 19.8 Å². The van der Waals surface area contributed by atoms with Gasteiger partial charge in [0.25, 0.3) is 0 Å². The van der Waals surface area contributed by atoms with Crippen LogP contribution in [0, 0.1) is 0 Å². The van der Waals surface area contributed by atoms with Crippen LogP contribution in [0.1, 0.15) is 0 Å². The fourth-order valence-electron chi connectivity index (χ4n) is 0.485. The predicted octanol–water partition coefficient (Wildman–Crippen LogP) is 1.37. The molecule has 9 heavy (non-hydrogen) atoms. The Kier molecular flexibility index (Phi) is 8.13. The zero-order chi connectivity index (χ0) is 6.78. The summed E-state index contributed by atoms with van der Waals surface area (Å²) in [6, 6.07) is 0. The molecule has 0 aliphatic carbocycles. The second-order valence-electron chi connectivity index (χ2n) is 2.37. The molecule has 0 rings (SSSR count). The van der Waals surface area contributed by atoms with Crippen molar-refractivity contribution in [1.82, 2.24) is 0 Å². The van der Waals surface area contributed by atoms with Crippen LogP contribution in [0.25, 0.3) is 0 Å². The van der Waals surface area contributed by atoms with Gasteiger partial charge in [0.1, 0.15) is 0 Å². The van der Waals surface area contributed by atoms with E-state index in [0.717, 1.165) is 0 Å². The van der Waals surface area contributed by atoms with E-state index in [1.807, 2.05) is 0 Å². The number of halogens is 1. The standard InChI is InChI=1S/4CH3.ClH.H2O.O.2Sn/h4*1H3;1H;1H2;;;/q;;;;;;;;+1/p-1. The van der Waals surface area contributed by atoms with Crippen molar-refractivity contribution >= 4 is 46.8 Å². The van der Waals surface area contributed by atoms with Crippen molar-refractivity contribution in [2.24, 2.45) is 0 Å². The molecule has 2 nitrogen and oxygen atoms in total. The zero-order valence-electron chi connectivity index (χ0n) is 6.29. The van der Waals surface area contributed by atoms with E-state index in [4.69, 9.17) is 10.3 Å². The minimum atomic E-state index is -2.30. The van der Waals surface area contributed by atoms with E-state index in [-0.39, 0.29) is 5.48 Å². The van der Waals surface area contributed by atoms with E-state index < -0.39 is 37.8 Å². The van der Waals surface area contributed by atoms with Crippen molar-refractivity contribution in [3.8, 4) is 0 Å². The quantitative estimate of drug-likeness (QED) is 0.680.